The molecule has 0 radical (unpaired) electrons. The minimum atomic E-state index is -5.75. The maximum atomic E-state index is 13.3. The first kappa shape index (κ1) is 18.0. The molecule has 9 heteroatoms. The zero-order valence-electron chi connectivity index (χ0n) is 12.1. The van der Waals surface area contributed by atoms with Crippen LogP contribution in [-0.4, -0.2) is 19.8 Å². The van der Waals surface area contributed by atoms with E-state index in [0.717, 1.165) is 19.1 Å². The lowest BCUT2D eigenvalue weighted by Gasteiger charge is -2.18. The zero-order valence-corrected chi connectivity index (χ0v) is 12.9. The second kappa shape index (κ2) is 5.92. The van der Waals surface area contributed by atoms with Crippen molar-refractivity contribution in [2.24, 2.45) is 5.92 Å². The van der Waals surface area contributed by atoms with Crippen LogP contribution in [0.3, 0.4) is 0 Å². The van der Waals surface area contributed by atoms with Crippen LogP contribution >= 0.6 is 0 Å². The Labute approximate surface area is 130 Å². The molecule has 3 nitrogen and oxygen atoms in total. The van der Waals surface area contributed by atoms with E-state index in [-0.39, 0.29) is 12.3 Å². The Bertz CT molecular complexity index is 664. The van der Waals surface area contributed by atoms with E-state index < -0.39 is 33.2 Å². The minimum absolute atomic E-state index is 0.193. The lowest BCUT2D eigenvalue weighted by molar-refractivity contribution is -0.0500. The van der Waals surface area contributed by atoms with Crippen molar-refractivity contribution in [3.63, 3.8) is 0 Å². The van der Waals surface area contributed by atoms with E-state index >= 15 is 0 Å². The molecule has 1 aromatic rings. The molecule has 0 N–H and O–H groups in total. The SMILES string of the molecule is CC(F)(F)C1CCC(c2cccc(OS(=O)(=O)C(F)(F)F)c2)C1. The molecule has 23 heavy (non-hydrogen) atoms. The average Bonchev–Trinajstić information content (AvgIpc) is 2.86. The van der Waals surface area contributed by atoms with Gasteiger partial charge in [0.25, 0.3) is 0 Å². The first-order valence-electron chi connectivity index (χ1n) is 6.88. The van der Waals surface area contributed by atoms with Gasteiger partial charge in [0.2, 0.25) is 5.92 Å². The highest BCUT2D eigenvalue weighted by Gasteiger charge is 2.48. The van der Waals surface area contributed by atoms with Crippen molar-refractivity contribution >= 4 is 10.1 Å². The molecule has 0 bridgehead atoms. The molecule has 0 amide bonds. The van der Waals surface area contributed by atoms with Crippen molar-refractivity contribution in [1.29, 1.82) is 0 Å². The smallest absolute Gasteiger partial charge is 0.376 e. The predicted molar refractivity (Wildman–Crippen MR) is 72.7 cm³/mol. The Morgan fingerprint density at radius 2 is 1.78 bits per heavy atom. The van der Waals surface area contributed by atoms with E-state index in [2.05, 4.69) is 4.18 Å². The molecular weight excluding hydrogens is 343 g/mol. The molecule has 1 fully saturated rings. The van der Waals surface area contributed by atoms with Crippen molar-refractivity contribution in [1.82, 2.24) is 0 Å². The Morgan fingerprint density at radius 3 is 2.30 bits per heavy atom. The molecular formula is C14H15F5O3S. The van der Waals surface area contributed by atoms with E-state index in [1.165, 1.54) is 6.07 Å². The van der Waals surface area contributed by atoms with Crippen molar-refractivity contribution in [3.05, 3.63) is 29.8 Å². The van der Waals surface area contributed by atoms with Crippen LogP contribution in [0.1, 0.15) is 37.7 Å². The molecule has 2 unspecified atom stereocenters. The highest BCUT2D eigenvalue weighted by Crippen LogP contribution is 2.45. The lowest BCUT2D eigenvalue weighted by Crippen LogP contribution is -2.28. The van der Waals surface area contributed by atoms with E-state index in [1.807, 2.05) is 0 Å². The third-order valence-corrected chi connectivity index (χ3v) is 4.95. The van der Waals surface area contributed by atoms with Gasteiger partial charge in [-0.1, -0.05) is 12.1 Å². The monoisotopic (exact) mass is 358 g/mol. The second-order valence-corrected chi connectivity index (χ2v) is 7.26. The summed E-state index contributed by atoms with van der Waals surface area (Å²) < 4.78 is 89.6. The van der Waals surface area contributed by atoms with Gasteiger partial charge in [-0.25, -0.2) is 8.78 Å². The van der Waals surface area contributed by atoms with Crippen LogP contribution < -0.4 is 4.18 Å². The van der Waals surface area contributed by atoms with Crippen LogP contribution in [0.4, 0.5) is 22.0 Å². The van der Waals surface area contributed by atoms with E-state index in [0.29, 0.717) is 18.4 Å². The summed E-state index contributed by atoms with van der Waals surface area (Å²) in [6.45, 7) is 0.843. The number of halogens is 5. The van der Waals surface area contributed by atoms with Gasteiger partial charge in [-0.15, -0.1) is 0 Å². The fourth-order valence-corrected chi connectivity index (χ4v) is 3.19. The summed E-state index contributed by atoms with van der Waals surface area (Å²) in [5.74, 6) is -4.35. The predicted octanol–water partition coefficient (Wildman–Crippen LogP) is 4.45. The van der Waals surface area contributed by atoms with Crippen molar-refractivity contribution in [2.75, 3.05) is 0 Å². The minimum Gasteiger partial charge on any atom is -0.376 e. The van der Waals surface area contributed by atoms with Crippen LogP contribution in [0.25, 0.3) is 0 Å². The van der Waals surface area contributed by atoms with E-state index in [9.17, 15) is 30.4 Å². The summed E-state index contributed by atoms with van der Waals surface area (Å²) >= 11 is 0. The third kappa shape index (κ3) is 4.13. The van der Waals surface area contributed by atoms with Crippen LogP contribution in [-0.2, 0) is 10.1 Å². The molecule has 1 saturated carbocycles. The summed E-state index contributed by atoms with van der Waals surface area (Å²) in [5.41, 5.74) is -5.03. The summed E-state index contributed by atoms with van der Waals surface area (Å²) in [6, 6.07) is 5.14. The normalized spacial score (nSPS) is 23.0. The average molecular weight is 358 g/mol. The highest BCUT2D eigenvalue weighted by molar-refractivity contribution is 7.88. The first-order valence-corrected chi connectivity index (χ1v) is 8.29. The summed E-state index contributed by atoms with van der Waals surface area (Å²) in [7, 11) is -5.75. The quantitative estimate of drug-likeness (QED) is 0.454. The van der Waals surface area contributed by atoms with Gasteiger partial charge in [0.15, 0.2) is 0 Å². The van der Waals surface area contributed by atoms with Gasteiger partial charge in [-0.05, 0) is 49.8 Å². The number of rotatable bonds is 4. The Kier molecular flexibility index (Phi) is 4.62. The van der Waals surface area contributed by atoms with E-state index in [4.69, 9.17) is 0 Å². The molecule has 1 aliphatic carbocycles. The van der Waals surface area contributed by atoms with E-state index in [1.54, 1.807) is 6.07 Å². The van der Waals surface area contributed by atoms with Crippen LogP contribution in [0.5, 0.6) is 5.75 Å². The van der Waals surface area contributed by atoms with Crippen LogP contribution in [0.15, 0.2) is 24.3 Å². The number of benzene rings is 1. The summed E-state index contributed by atoms with van der Waals surface area (Å²) in [5, 5.41) is 0. The molecule has 130 valence electrons. The molecule has 0 aliphatic heterocycles. The Morgan fingerprint density at radius 1 is 1.13 bits per heavy atom. The lowest BCUT2D eigenvalue weighted by atomic mass is 9.94. The molecule has 0 heterocycles. The number of hydrogen-bond donors (Lipinski definition) is 0. The summed E-state index contributed by atoms with van der Waals surface area (Å²) in [6.07, 6.45) is 0.961. The molecule has 0 spiro atoms. The third-order valence-electron chi connectivity index (χ3n) is 3.97. The van der Waals surface area contributed by atoms with Gasteiger partial charge in [0.05, 0.1) is 0 Å². The topological polar surface area (TPSA) is 43.4 Å². The van der Waals surface area contributed by atoms with Crippen molar-refractivity contribution in [2.45, 2.75) is 43.5 Å². The van der Waals surface area contributed by atoms with Crippen molar-refractivity contribution in [3.8, 4) is 5.75 Å². The number of alkyl halides is 5. The van der Waals surface area contributed by atoms with Gasteiger partial charge in [0.1, 0.15) is 5.75 Å². The zero-order chi connectivity index (χ0) is 17.5. The molecule has 2 rings (SSSR count). The van der Waals surface area contributed by atoms with Crippen LogP contribution in [0.2, 0.25) is 0 Å². The van der Waals surface area contributed by atoms with Crippen LogP contribution in [0, 0.1) is 5.92 Å². The first-order chi connectivity index (χ1) is 10.4. The standard InChI is InChI=1S/C14H15F5O3S/c1-13(15,16)11-6-5-10(7-11)9-3-2-4-12(8-9)22-23(20,21)14(17,18)19/h2-4,8,10-11H,5-7H2,1H3. The largest absolute Gasteiger partial charge is 0.534 e. The molecule has 2 atom stereocenters. The Hall–Kier alpha value is -1.38. The molecule has 1 aromatic carbocycles. The fourth-order valence-electron chi connectivity index (χ4n) is 2.74. The molecule has 0 aromatic heterocycles. The second-order valence-electron chi connectivity index (χ2n) is 5.72. The van der Waals surface area contributed by atoms with Gasteiger partial charge in [-0.3, -0.25) is 0 Å². The Balaban J connectivity index is 2.16. The fraction of sp³-hybridized carbons (Fsp3) is 0.571. The highest BCUT2D eigenvalue weighted by atomic mass is 32.2. The summed E-state index contributed by atoms with van der Waals surface area (Å²) in [4.78, 5) is 0. The number of hydrogen-bond acceptors (Lipinski definition) is 3. The van der Waals surface area contributed by atoms with Gasteiger partial charge in [-0.2, -0.15) is 21.6 Å². The molecule has 0 saturated heterocycles. The van der Waals surface area contributed by atoms with Gasteiger partial charge >= 0.3 is 15.6 Å². The maximum absolute atomic E-state index is 13.3. The van der Waals surface area contributed by atoms with Crippen molar-refractivity contribution < 1.29 is 34.6 Å². The van der Waals surface area contributed by atoms with Gasteiger partial charge in [0, 0.05) is 5.92 Å². The van der Waals surface area contributed by atoms with Gasteiger partial charge < -0.3 is 4.18 Å². The maximum Gasteiger partial charge on any atom is 0.534 e. The molecule has 1 aliphatic rings.